The van der Waals surface area contributed by atoms with Crippen molar-refractivity contribution < 1.29 is 26.7 Å². The van der Waals surface area contributed by atoms with E-state index in [1.807, 2.05) is 13.8 Å². The second-order valence-corrected chi connectivity index (χ2v) is 8.96. The number of carbonyl (C=O) groups is 1. The van der Waals surface area contributed by atoms with E-state index >= 15 is 0 Å². The van der Waals surface area contributed by atoms with Gasteiger partial charge in [-0.05, 0) is 31.2 Å². The van der Waals surface area contributed by atoms with Crippen LogP contribution in [-0.4, -0.2) is 30.5 Å². The van der Waals surface area contributed by atoms with Gasteiger partial charge in [-0.2, -0.15) is 4.72 Å². The monoisotopic (exact) mass is 478 g/mol. The van der Waals surface area contributed by atoms with E-state index in [2.05, 4.69) is 15.0 Å². The molecule has 0 fully saturated rings. The molecule has 1 amide bonds. The molecule has 2 aromatic heterocycles. The molecule has 0 bridgehead atoms. The number of aryl methyl sites for hydroxylation is 1. The van der Waals surface area contributed by atoms with Crippen molar-refractivity contribution >= 4 is 21.6 Å². The largest absolute Gasteiger partial charge is 0.487 e. The van der Waals surface area contributed by atoms with Crippen LogP contribution in [0.15, 0.2) is 53.7 Å². The number of sulfonamides is 1. The number of rotatable bonds is 3. The van der Waals surface area contributed by atoms with Gasteiger partial charge in [0.05, 0.1) is 5.69 Å². The molecular weight excluding hydrogens is 454 g/mol. The summed E-state index contributed by atoms with van der Waals surface area (Å²) in [5.41, 5.74) is -0.818. The highest BCUT2D eigenvalue weighted by Gasteiger charge is 2.41. The lowest BCUT2D eigenvalue weighted by Crippen LogP contribution is -2.46. The SMILES string of the molecule is CC.Cn1cc2c(c1C(=O)Nc1ccc(F)c(F)c1)OCC(C)(c1ccccn1)NS2(=O)=O. The number of ether oxygens (including phenoxy) is 1. The number of hydrogen-bond acceptors (Lipinski definition) is 5. The number of aromatic nitrogens is 2. The predicted octanol–water partition coefficient (Wildman–Crippen LogP) is 3.56. The zero-order valence-corrected chi connectivity index (χ0v) is 19.3. The van der Waals surface area contributed by atoms with Gasteiger partial charge in [-0.15, -0.1) is 0 Å². The Hall–Kier alpha value is -3.31. The van der Waals surface area contributed by atoms with Crippen molar-refractivity contribution in [3.63, 3.8) is 0 Å². The quantitative estimate of drug-likeness (QED) is 0.599. The fraction of sp³-hybridized carbons (Fsp3) is 0.273. The number of nitrogens with one attached hydrogen (secondary N) is 2. The van der Waals surface area contributed by atoms with Crippen molar-refractivity contribution in [1.29, 1.82) is 0 Å². The van der Waals surface area contributed by atoms with Gasteiger partial charge in [0, 0.05) is 31.2 Å². The highest BCUT2D eigenvalue weighted by Crippen LogP contribution is 2.36. The summed E-state index contributed by atoms with van der Waals surface area (Å²) in [6.45, 7) is 5.49. The molecule has 0 aliphatic carbocycles. The molecule has 3 aromatic rings. The molecule has 1 aromatic carbocycles. The highest BCUT2D eigenvalue weighted by atomic mass is 32.2. The summed E-state index contributed by atoms with van der Waals surface area (Å²) in [4.78, 5) is 16.9. The molecule has 0 saturated heterocycles. The van der Waals surface area contributed by atoms with Crippen molar-refractivity contribution in [3.05, 3.63) is 71.8 Å². The minimum absolute atomic E-state index is 0.00628. The van der Waals surface area contributed by atoms with E-state index in [0.717, 1.165) is 12.1 Å². The van der Waals surface area contributed by atoms with Gasteiger partial charge in [0.2, 0.25) is 10.0 Å². The van der Waals surface area contributed by atoms with E-state index in [0.29, 0.717) is 5.69 Å². The van der Waals surface area contributed by atoms with Gasteiger partial charge in [0.1, 0.15) is 17.0 Å². The van der Waals surface area contributed by atoms with Gasteiger partial charge >= 0.3 is 0 Å². The van der Waals surface area contributed by atoms with Crippen molar-refractivity contribution in [1.82, 2.24) is 14.3 Å². The Bertz CT molecular complexity index is 1280. The second-order valence-electron chi connectivity index (χ2n) is 7.31. The van der Waals surface area contributed by atoms with Gasteiger partial charge in [0.15, 0.2) is 23.1 Å². The molecule has 2 N–H and O–H groups in total. The van der Waals surface area contributed by atoms with E-state index < -0.39 is 33.1 Å². The first kappa shape index (κ1) is 24.3. The molecule has 176 valence electrons. The van der Waals surface area contributed by atoms with Crippen LogP contribution >= 0.6 is 0 Å². The van der Waals surface area contributed by atoms with Crippen molar-refractivity contribution in [3.8, 4) is 5.75 Å². The Labute approximate surface area is 190 Å². The molecule has 0 saturated carbocycles. The zero-order chi connectivity index (χ0) is 24.4. The Morgan fingerprint density at radius 1 is 1.21 bits per heavy atom. The first-order chi connectivity index (χ1) is 15.6. The standard InChI is InChI=1S/C20H18F2N4O4S.C2H6/c1-20(16-5-3-4-8-23-16)11-30-18-15(31(28,29)25-20)10-26(2)17(18)19(27)24-12-6-7-13(21)14(22)9-12;1-2/h3-10,25H,11H2,1-2H3,(H,24,27);1-2H3. The van der Waals surface area contributed by atoms with Gasteiger partial charge in [-0.3, -0.25) is 9.78 Å². The summed E-state index contributed by atoms with van der Waals surface area (Å²) in [7, 11) is -2.60. The highest BCUT2D eigenvalue weighted by molar-refractivity contribution is 7.89. The molecule has 3 heterocycles. The summed E-state index contributed by atoms with van der Waals surface area (Å²) in [5, 5.41) is 2.43. The van der Waals surface area contributed by atoms with E-state index in [1.165, 1.54) is 30.1 Å². The second kappa shape index (κ2) is 9.28. The average molecular weight is 479 g/mol. The van der Waals surface area contributed by atoms with Crippen molar-refractivity contribution in [2.45, 2.75) is 31.2 Å². The van der Waals surface area contributed by atoms with Crippen LogP contribution in [0.4, 0.5) is 14.5 Å². The van der Waals surface area contributed by atoms with Crippen molar-refractivity contribution in [2.24, 2.45) is 7.05 Å². The maximum atomic E-state index is 13.5. The minimum Gasteiger partial charge on any atom is -0.487 e. The molecule has 0 radical (unpaired) electrons. The van der Waals surface area contributed by atoms with Gasteiger partial charge in [-0.1, -0.05) is 19.9 Å². The molecule has 4 rings (SSSR count). The van der Waals surface area contributed by atoms with Gasteiger partial charge in [-0.25, -0.2) is 17.2 Å². The fourth-order valence-corrected chi connectivity index (χ4v) is 4.91. The lowest BCUT2D eigenvalue weighted by Gasteiger charge is -2.27. The molecule has 0 spiro atoms. The molecule has 1 aliphatic rings. The lowest BCUT2D eigenvalue weighted by atomic mass is 10.00. The Kier molecular flexibility index (Phi) is 6.84. The predicted molar refractivity (Wildman–Crippen MR) is 118 cm³/mol. The molecular formula is C22H24F2N4O4S. The molecule has 11 heteroatoms. The van der Waals surface area contributed by atoms with Crippen LogP contribution < -0.4 is 14.8 Å². The van der Waals surface area contributed by atoms with Crippen molar-refractivity contribution in [2.75, 3.05) is 11.9 Å². The number of pyridine rings is 1. The molecule has 1 unspecified atom stereocenters. The molecule has 1 aliphatic heterocycles. The fourth-order valence-electron chi connectivity index (χ4n) is 3.35. The van der Waals surface area contributed by atoms with Crippen LogP contribution in [0.25, 0.3) is 0 Å². The number of benzene rings is 1. The third kappa shape index (κ3) is 4.74. The summed E-state index contributed by atoms with van der Waals surface area (Å²) in [5.74, 6) is -3.07. The van der Waals surface area contributed by atoms with Crippen LogP contribution in [-0.2, 0) is 22.6 Å². The van der Waals surface area contributed by atoms with Crippen LogP contribution in [0.3, 0.4) is 0 Å². The van der Waals surface area contributed by atoms with Crippen LogP contribution in [0, 0.1) is 11.6 Å². The van der Waals surface area contributed by atoms with E-state index in [-0.39, 0.29) is 28.6 Å². The summed E-state index contributed by atoms with van der Waals surface area (Å²) < 4.78 is 62.4. The zero-order valence-electron chi connectivity index (χ0n) is 18.5. The van der Waals surface area contributed by atoms with E-state index in [4.69, 9.17) is 4.74 Å². The maximum absolute atomic E-state index is 13.5. The van der Waals surface area contributed by atoms with Gasteiger partial charge < -0.3 is 14.6 Å². The number of hydrogen-bond donors (Lipinski definition) is 2. The topological polar surface area (TPSA) is 102 Å². The first-order valence-electron chi connectivity index (χ1n) is 10.1. The number of anilines is 1. The first-order valence-corrected chi connectivity index (χ1v) is 11.6. The summed E-state index contributed by atoms with van der Waals surface area (Å²) in [6.07, 6.45) is 2.79. The Morgan fingerprint density at radius 2 is 1.94 bits per heavy atom. The number of nitrogens with zero attached hydrogens (tertiary/aromatic N) is 2. The summed E-state index contributed by atoms with van der Waals surface area (Å²) >= 11 is 0. The number of fused-ring (bicyclic) bond motifs is 1. The van der Waals surface area contributed by atoms with Crippen LogP contribution in [0.1, 0.15) is 37.0 Å². The smallest absolute Gasteiger partial charge is 0.276 e. The minimum atomic E-state index is -4.08. The normalized spacial score (nSPS) is 18.7. The third-order valence-corrected chi connectivity index (χ3v) is 6.47. The summed E-state index contributed by atoms with van der Waals surface area (Å²) in [6, 6.07) is 7.98. The van der Waals surface area contributed by atoms with Gasteiger partial charge in [0.25, 0.3) is 5.91 Å². The Balaban J connectivity index is 0.00000149. The molecule has 1 atom stereocenters. The number of halogens is 2. The van der Waals surface area contributed by atoms with Crippen LogP contribution in [0.2, 0.25) is 0 Å². The third-order valence-electron chi connectivity index (χ3n) is 4.88. The number of amides is 1. The van der Waals surface area contributed by atoms with E-state index in [9.17, 15) is 22.0 Å². The molecule has 33 heavy (non-hydrogen) atoms. The molecule has 8 nitrogen and oxygen atoms in total. The Morgan fingerprint density at radius 3 is 2.58 bits per heavy atom. The lowest BCUT2D eigenvalue weighted by molar-refractivity contribution is 0.101. The van der Waals surface area contributed by atoms with E-state index in [1.54, 1.807) is 25.1 Å². The van der Waals surface area contributed by atoms with Crippen LogP contribution in [0.5, 0.6) is 5.75 Å². The number of carbonyl (C=O) groups excluding carboxylic acids is 1. The maximum Gasteiger partial charge on any atom is 0.276 e. The average Bonchev–Trinajstić information content (AvgIpc) is 3.09.